The van der Waals surface area contributed by atoms with Crippen LogP contribution < -0.4 is 14.2 Å². The topological polar surface area (TPSA) is 30.9 Å². The quantitative estimate of drug-likeness (QED) is 0.388. The minimum Gasteiger partial charge on any atom is -0.493 e. The minimum absolute atomic E-state index is 0.289. The number of halogens is 3. The highest BCUT2D eigenvalue weighted by molar-refractivity contribution is 5.38. The normalized spacial score (nSPS) is 14.6. The maximum absolute atomic E-state index is 12.2. The van der Waals surface area contributed by atoms with Crippen LogP contribution in [0.25, 0.3) is 0 Å². The largest absolute Gasteiger partial charge is 0.573 e. The summed E-state index contributed by atoms with van der Waals surface area (Å²) in [6, 6.07) is 12.4. The minimum atomic E-state index is -4.71. The Hall–Kier alpha value is -2.67. The van der Waals surface area contributed by atoms with Crippen LogP contribution in [0.15, 0.2) is 60.7 Å². The van der Waals surface area contributed by atoms with E-state index in [4.69, 9.17) is 9.47 Å². The van der Waals surface area contributed by atoms with Crippen molar-refractivity contribution in [3.8, 4) is 23.0 Å². The summed E-state index contributed by atoms with van der Waals surface area (Å²) in [4.78, 5) is 2.43. The number of hydrogen-bond acceptors (Lipinski definition) is 4. The van der Waals surface area contributed by atoms with E-state index in [2.05, 4.69) is 21.8 Å². The smallest absolute Gasteiger partial charge is 0.493 e. The summed E-state index contributed by atoms with van der Waals surface area (Å²) in [5, 5.41) is 0. The zero-order valence-corrected chi connectivity index (χ0v) is 16.0. The van der Waals surface area contributed by atoms with Crippen LogP contribution in [0.1, 0.15) is 19.3 Å². The lowest BCUT2D eigenvalue weighted by atomic mass is 10.2. The molecule has 0 amide bonds. The number of unbranched alkanes of at least 4 members (excludes halogenated alkanes) is 1. The molecule has 0 atom stereocenters. The van der Waals surface area contributed by atoms with E-state index in [1.807, 2.05) is 12.1 Å². The summed E-state index contributed by atoms with van der Waals surface area (Å²) in [6.45, 7) is 3.85. The van der Waals surface area contributed by atoms with Gasteiger partial charge in [0.1, 0.15) is 23.0 Å². The number of alkyl halides is 3. The van der Waals surface area contributed by atoms with Crippen molar-refractivity contribution < 1.29 is 27.4 Å². The highest BCUT2D eigenvalue weighted by Crippen LogP contribution is 2.28. The first-order valence-electron chi connectivity index (χ1n) is 9.62. The van der Waals surface area contributed by atoms with Crippen LogP contribution >= 0.6 is 0 Å². The second-order valence-corrected chi connectivity index (χ2v) is 6.71. The lowest BCUT2D eigenvalue weighted by molar-refractivity contribution is -0.274. The molecule has 0 saturated carbocycles. The van der Waals surface area contributed by atoms with Crippen LogP contribution in [-0.4, -0.2) is 37.5 Å². The van der Waals surface area contributed by atoms with Crippen molar-refractivity contribution in [1.82, 2.24) is 4.90 Å². The molecule has 0 spiro atoms. The molecule has 1 aliphatic rings. The summed E-state index contributed by atoms with van der Waals surface area (Å²) >= 11 is 0. The van der Waals surface area contributed by atoms with Gasteiger partial charge in [0.2, 0.25) is 0 Å². The summed E-state index contributed by atoms with van der Waals surface area (Å²) < 4.78 is 51.9. The molecule has 2 aromatic rings. The number of nitrogens with zero attached hydrogens (tertiary/aromatic N) is 1. The monoisotopic (exact) mass is 407 g/mol. The first kappa shape index (κ1) is 21.0. The number of benzene rings is 2. The van der Waals surface area contributed by atoms with Gasteiger partial charge in [0.05, 0.1) is 6.61 Å². The van der Waals surface area contributed by atoms with Crippen LogP contribution in [0.5, 0.6) is 23.0 Å². The average molecular weight is 407 g/mol. The maximum Gasteiger partial charge on any atom is 0.573 e. The molecule has 0 saturated heterocycles. The Balaban J connectivity index is 1.42. The molecular formula is C22H24F3NO3. The van der Waals surface area contributed by atoms with Crippen molar-refractivity contribution in [2.24, 2.45) is 0 Å². The predicted molar refractivity (Wildman–Crippen MR) is 105 cm³/mol. The predicted octanol–water partition coefficient (Wildman–Crippen LogP) is 5.80. The number of rotatable bonds is 9. The third-order valence-electron chi connectivity index (χ3n) is 4.38. The third kappa shape index (κ3) is 7.69. The number of hydrogen-bond donors (Lipinski definition) is 0. The first-order valence-corrected chi connectivity index (χ1v) is 9.62. The third-order valence-corrected chi connectivity index (χ3v) is 4.38. The molecule has 0 fully saturated rings. The van der Waals surface area contributed by atoms with Crippen molar-refractivity contribution in [1.29, 1.82) is 0 Å². The lowest BCUT2D eigenvalue weighted by Gasteiger charge is -2.22. The van der Waals surface area contributed by atoms with Gasteiger partial charge in [-0.2, -0.15) is 0 Å². The van der Waals surface area contributed by atoms with Gasteiger partial charge in [-0.15, -0.1) is 13.2 Å². The van der Waals surface area contributed by atoms with E-state index in [1.165, 1.54) is 24.3 Å². The van der Waals surface area contributed by atoms with Gasteiger partial charge in [0.15, 0.2) is 0 Å². The van der Waals surface area contributed by atoms with Gasteiger partial charge < -0.3 is 14.2 Å². The molecule has 1 heterocycles. The van der Waals surface area contributed by atoms with Gasteiger partial charge in [-0.25, -0.2) is 0 Å². The zero-order valence-electron chi connectivity index (χ0n) is 16.0. The molecule has 1 aliphatic heterocycles. The van der Waals surface area contributed by atoms with E-state index < -0.39 is 6.36 Å². The van der Waals surface area contributed by atoms with Crippen LogP contribution in [0.3, 0.4) is 0 Å². The molecule has 29 heavy (non-hydrogen) atoms. The second-order valence-electron chi connectivity index (χ2n) is 6.71. The Morgan fingerprint density at radius 3 is 2.34 bits per heavy atom. The fourth-order valence-corrected chi connectivity index (χ4v) is 2.99. The van der Waals surface area contributed by atoms with E-state index in [0.717, 1.165) is 38.9 Å². The van der Waals surface area contributed by atoms with E-state index >= 15 is 0 Å². The maximum atomic E-state index is 12.2. The van der Waals surface area contributed by atoms with E-state index in [1.54, 1.807) is 12.1 Å². The molecule has 7 heteroatoms. The molecule has 0 unspecified atom stereocenters. The van der Waals surface area contributed by atoms with Gasteiger partial charge in [0, 0.05) is 19.2 Å². The van der Waals surface area contributed by atoms with Crippen molar-refractivity contribution in [2.45, 2.75) is 25.6 Å². The van der Waals surface area contributed by atoms with Crippen LogP contribution in [-0.2, 0) is 0 Å². The Morgan fingerprint density at radius 1 is 0.862 bits per heavy atom. The fraction of sp³-hybridized carbons (Fsp3) is 0.364. The second kappa shape index (κ2) is 10.2. The summed E-state index contributed by atoms with van der Waals surface area (Å²) in [6.07, 6.45) is 2.89. The van der Waals surface area contributed by atoms with Crippen molar-refractivity contribution in [3.63, 3.8) is 0 Å². The van der Waals surface area contributed by atoms with Crippen molar-refractivity contribution in [3.05, 3.63) is 60.7 Å². The van der Waals surface area contributed by atoms with Crippen LogP contribution in [0.2, 0.25) is 0 Å². The highest BCUT2D eigenvalue weighted by Gasteiger charge is 2.30. The van der Waals surface area contributed by atoms with Crippen molar-refractivity contribution >= 4 is 0 Å². The highest BCUT2D eigenvalue weighted by atomic mass is 19.4. The lowest BCUT2D eigenvalue weighted by Crippen LogP contribution is -2.28. The summed E-state index contributed by atoms with van der Waals surface area (Å²) in [5.74, 6) is 1.36. The van der Waals surface area contributed by atoms with Gasteiger partial charge in [-0.1, -0.05) is 18.2 Å². The Labute approximate surface area is 168 Å². The number of ether oxygens (including phenoxy) is 3. The molecule has 2 aromatic carbocycles. The Kier molecular flexibility index (Phi) is 7.41. The molecule has 4 nitrogen and oxygen atoms in total. The zero-order chi connectivity index (χ0) is 20.5. The van der Waals surface area contributed by atoms with Gasteiger partial charge in [-0.05, 0) is 62.2 Å². The van der Waals surface area contributed by atoms with E-state index in [0.29, 0.717) is 23.9 Å². The average Bonchev–Trinajstić information content (AvgIpc) is 2.69. The molecule has 0 radical (unpaired) electrons. The molecule has 0 aliphatic carbocycles. The SMILES string of the molecule is FC(F)(F)Oc1ccc(Oc2cccc(OCCCCN3CC=CCC3)c2)cc1. The first-order chi connectivity index (χ1) is 14.0. The van der Waals surface area contributed by atoms with Gasteiger partial charge in [-0.3, -0.25) is 4.90 Å². The van der Waals surface area contributed by atoms with Gasteiger partial charge in [0.25, 0.3) is 0 Å². The molecular weight excluding hydrogens is 383 g/mol. The Bertz CT molecular complexity index is 791. The Morgan fingerprint density at radius 2 is 1.62 bits per heavy atom. The standard InChI is InChI=1S/C22H24F3NO3/c23-22(24,25)29-19-11-9-18(10-12-19)28-21-8-6-7-20(17-21)27-16-5-4-15-26-13-2-1-3-14-26/h1-2,6-12,17H,3-5,13-16H2. The van der Waals surface area contributed by atoms with E-state index in [9.17, 15) is 13.2 Å². The summed E-state index contributed by atoms with van der Waals surface area (Å²) in [5.41, 5.74) is 0. The molecule has 0 N–H and O–H groups in total. The van der Waals surface area contributed by atoms with Gasteiger partial charge >= 0.3 is 6.36 Å². The molecule has 0 aromatic heterocycles. The molecule has 3 rings (SSSR count). The molecule has 156 valence electrons. The van der Waals surface area contributed by atoms with Crippen LogP contribution in [0.4, 0.5) is 13.2 Å². The fourth-order valence-electron chi connectivity index (χ4n) is 2.99. The molecule has 0 bridgehead atoms. The van der Waals surface area contributed by atoms with Crippen molar-refractivity contribution in [2.75, 3.05) is 26.2 Å². The summed E-state index contributed by atoms with van der Waals surface area (Å²) in [7, 11) is 0. The van der Waals surface area contributed by atoms with E-state index in [-0.39, 0.29) is 5.75 Å². The van der Waals surface area contributed by atoms with Crippen LogP contribution in [0, 0.1) is 0 Å².